The molecule has 28 heavy (non-hydrogen) atoms. The maximum absolute atomic E-state index is 10.9. The summed E-state index contributed by atoms with van der Waals surface area (Å²) in [6.45, 7) is 0. The van der Waals surface area contributed by atoms with Crippen LogP contribution in [0.15, 0.2) is 48.9 Å². The highest BCUT2D eigenvalue weighted by Gasteiger charge is 2.32. The number of anilines is 2. The van der Waals surface area contributed by atoms with Crippen LogP contribution in [0.5, 0.6) is 0 Å². The van der Waals surface area contributed by atoms with Crippen LogP contribution in [0.25, 0.3) is 11.3 Å². The van der Waals surface area contributed by atoms with Crippen LogP contribution in [-0.4, -0.2) is 30.8 Å². The van der Waals surface area contributed by atoms with Gasteiger partial charge in [-0.3, -0.25) is 4.68 Å². The van der Waals surface area contributed by atoms with Gasteiger partial charge in [-0.25, -0.2) is 14.8 Å². The number of rotatable bonds is 7. The maximum Gasteiger partial charge on any atom is 0.335 e. The molecule has 8 nitrogen and oxygen atoms in total. The molecule has 1 saturated carbocycles. The van der Waals surface area contributed by atoms with Crippen molar-refractivity contribution in [3.8, 4) is 17.3 Å². The third-order valence-corrected chi connectivity index (χ3v) is 4.75. The lowest BCUT2D eigenvalue weighted by molar-refractivity contribution is 0.0697. The van der Waals surface area contributed by atoms with E-state index in [4.69, 9.17) is 10.4 Å². The molecule has 2 aromatic heterocycles. The van der Waals surface area contributed by atoms with Crippen molar-refractivity contribution in [2.45, 2.75) is 25.3 Å². The van der Waals surface area contributed by atoms with E-state index in [-0.39, 0.29) is 11.6 Å². The number of benzene rings is 1. The molecule has 1 aliphatic rings. The number of carbonyl (C=O) groups is 1. The van der Waals surface area contributed by atoms with E-state index >= 15 is 0 Å². The van der Waals surface area contributed by atoms with Crippen molar-refractivity contribution in [3.05, 3.63) is 54.5 Å². The van der Waals surface area contributed by atoms with Crippen LogP contribution >= 0.6 is 0 Å². The summed E-state index contributed by atoms with van der Waals surface area (Å²) in [6.07, 6.45) is 8.07. The summed E-state index contributed by atoms with van der Waals surface area (Å²) in [4.78, 5) is 19.7. The smallest absolute Gasteiger partial charge is 0.335 e. The number of nitriles is 1. The van der Waals surface area contributed by atoms with Gasteiger partial charge in [0.05, 0.1) is 36.0 Å². The fourth-order valence-corrected chi connectivity index (χ4v) is 3.11. The zero-order valence-electron chi connectivity index (χ0n) is 15.0. The normalized spacial score (nSPS) is 14.2. The Morgan fingerprint density at radius 2 is 2.11 bits per heavy atom. The summed E-state index contributed by atoms with van der Waals surface area (Å²) in [7, 11) is 0. The van der Waals surface area contributed by atoms with Crippen molar-refractivity contribution < 1.29 is 9.90 Å². The number of nitrogens with zero attached hydrogens (tertiary/aromatic N) is 5. The number of nitrogens with one attached hydrogen (secondary N) is 1. The van der Waals surface area contributed by atoms with Crippen LogP contribution in [0, 0.1) is 17.2 Å². The van der Waals surface area contributed by atoms with Gasteiger partial charge in [0.15, 0.2) is 0 Å². The summed E-state index contributed by atoms with van der Waals surface area (Å²) in [5.41, 5.74) is 2.49. The molecule has 3 aromatic rings. The van der Waals surface area contributed by atoms with E-state index in [0.717, 1.165) is 24.1 Å². The third-order valence-electron chi connectivity index (χ3n) is 4.75. The summed E-state index contributed by atoms with van der Waals surface area (Å²) in [5.74, 6) is -0.0318. The van der Waals surface area contributed by atoms with Gasteiger partial charge in [-0.05, 0) is 49.1 Å². The van der Waals surface area contributed by atoms with Gasteiger partial charge in [-0.15, -0.1) is 0 Å². The van der Waals surface area contributed by atoms with Gasteiger partial charge < -0.3 is 10.4 Å². The van der Waals surface area contributed by atoms with Gasteiger partial charge in [0, 0.05) is 23.6 Å². The van der Waals surface area contributed by atoms with Crippen molar-refractivity contribution in [1.82, 2.24) is 19.7 Å². The van der Waals surface area contributed by atoms with Crippen LogP contribution in [0.4, 0.5) is 11.6 Å². The highest BCUT2D eigenvalue weighted by molar-refractivity contribution is 5.88. The van der Waals surface area contributed by atoms with Crippen LogP contribution in [0.3, 0.4) is 0 Å². The molecular formula is C20H18N6O2. The van der Waals surface area contributed by atoms with E-state index in [0.29, 0.717) is 24.0 Å². The molecule has 8 heteroatoms. The molecule has 0 aliphatic heterocycles. The first-order valence-electron chi connectivity index (χ1n) is 8.99. The second-order valence-corrected chi connectivity index (χ2v) is 6.75. The van der Waals surface area contributed by atoms with E-state index < -0.39 is 5.97 Å². The van der Waals surface area contributed by atoms with Crippen LogP contribution in [0.2, 0.25) is 0 Å². The lowest BCUT2D eigenvalue weighted by Gasteiger charge is -2.12. The first-order chi connectivity index (χ1) is 13.6. The SMILES string of the molecule is N#CCC(C1CC1)n1cc(-c2ccnc(Nc3ccc(C(=O)O)cc3)n2)cn1. The molecule has 0 bridgehead atoms. The molecule has 1 aliphatic carbocycles. The lowest BCUT2D eigenvalue weighted by atomic mass is 10.1. The molecule has 1 aromatic carbocycles. The molecule has 0 saturated heterocycles. The predicted molar refractivity (Wildman–Crippen MR) is 102 cm³/mol. The second kappa shape index (κ2) is 7.48. The van der Waals surface area contributed by atoms with E-state index in [1.54, 1.807) is 30.6 Å². The monoisotopic (exact) mass is 374 g/mol. The fourth-order valence-electron chi connectivity index (χ4n) is 3.11. The molecule has 2 heterocycles. The van der Waals surface area contributed by atoms with Crippen molar-refractivity contribution in [2.75, 3.05) is 5.32 Å². The van der Waals surface area contributed by atoms with Gasteiger partial charge in [-0.2, -0.15) is 10.4 Å². The van der Waals surface area contributed by atoms with Crippen molar-refractivity contribution >= 4 is 17.6 Å². The van der Waals surface area contributed by atoms with Crippen molar-refractivity contribution in [2.24, 2.45) is 5.92 Å². The van der Waals surface area contributed by atoms with Gasteiger partial charge in [0.2, 0.25) is 5.95 Å². The van der Waals surface area contributed by atoms with E-state index in [1.165, 1.54) is 12.1 Å². The van der Waals surface area contributed by atoms with E-state index in [2.05, 4.69) is 26.5 Å². The first-order valence-corrected chi connectivity index (χ1v) is 8.99. The molecule has 4 rings (SSSR count). The Balaban J connectivity index is 1.52. The minimum Gasteiger partial charge on any atom is -0.478 e. The Labute approximate surface area is 161 Å². The quantitative estimate of drug-likeness (QED) is 0.648. The van der Waals surface area contributed by atoms with E-state index in [9.17, 15) is 4.79 Å². The zero-order chi connectivity index (χ0) is 19.5. The van der Waals surface area contributed by atoms with Crippen LogP contribution in [-0.2, 0) is 0 Å². The Morgan fingerprint density at radius 1 is 1.32 bits per heavy atom. The highest BCUT2D eigenvalue weighted by Crippen LogP contribution is 2.41. The highest BCUT2D eigenvalue weighted by atomic mass is 16.4. The van der Waals surface area contributed by atoms with Crippen LogP contribution in [0.1, 0.15) is 35.7 Å². The van der Waals surface area contributed by atoms with Crippen LogP contribution < -0.4 is 5.32 Å². The predicted octanol–water partition coefficient (Wildman–Crippen LogP) is 3.65. The molecule has 140 valence electrons. The Morgan fingerprint density at radius 3 is 2.79 bits per heavy atom. The molecule has 1 atom stereocenters. The van der Waals surface area contributed by atoms with Gasteiger partial charge in [0.25, 0.3) is 0 Å². The number of carboxylic acids is 1. The zero-order valence-corrected chi connectivity index (χ0v) is 15.0. The molecule has 1 unspecified atom stereocenters. The van der Waals surface area contributed by atoms with Gasteiger partial charge >= 0.3 is 5.97 Å². The molecule has 1 fully saturated rings. The molecule has 0 radical (unpaired) electrons. The third kappa shape index (κ3) is 3.83. The Hall–Kier alpha value is -3.73. The average Bonchev–Trinajstić information content (AvgIpc) is 3.42. The summed E-state index contributed by atoms with van der Waals surface area (Å²) in [6, 6.07) is 10.5. The Kier molecular flexibility index (Phi) is 4.72. The van der Waals surface area contributed by atoms with Crippen molar-refractivity contribution in [1.29, 1.82) is 5.26 Å². The number of aromatic nitrogens is 4. The topological polar surface area (TPSA) is 117 Å². The minimum atomic E-state index is -0.970. The van der Waals surface area contributed by atoms with Gasteiger partial charge in [0.1, 0.15) is 0 Å². The van der Waals surface area contributed by atoms with E-state index in [1.807, 2.05) is 10.9 Å². The largest absolute Gasteiger partial charge is 0.478 e. The first kappa shape index (κ1) is 17.7. The Bertz CT molecular complexity index is 1030. The average molecular weight is 374 g/mol. The minimum absolute atomic E-state index is 0.117. The number of aromatic carboxylic acids is 1. The maximum atomic E-state index is 10.9. The second-order valence-electron chi connectivity index (χ2n) is 6.75. The molecule has 0 amide bonds. The molecular weight excluding hydrogens is 356 g/mol. The van der Waals surface area contributed by atoms with Crippen molar-refractivity contribution in [3.63, 3.8) is 0 Å². The number of carboxylic acid groups (broad SMARTS) is 1. The summed E-state index contributed by atoms with van der Waals surface area (Å²) >= 11 is 0. The summed E-state index contributed by atoms with van der Waals surface area (Å²) < 4.78 is 1.87. The standard InChI is InChI=1S/C20H18N6O2/c21-9-7-18(13-1-2-13)26-12-15(11-23-26)17-8-10-22-20(25-17)24-16-5-3-14(4-6-16)19(27)28/h3-6,8,10-13,18H,1-2,7H2,(H,27,28)(H,22,24,25). The fraction of sp³-hybridized carbons (Fsp3) is 0.250. The number of hydrogen-bond donors (Lipinski definition) is 2. The molecule has 2 N–H and O–H groups in total. The van der Waals surface area contributed by atoms with Gasteiger partial charge in [-0.1, -0.05) is 0 Å². The molecule has 0 spiro atoms. The number of hydrogen-bond acceptors (Lipinski definition) is 6. The lowest BCUT2D eigenvalue weighted by Crippen LogP contribution is -2.10. The summed E-state index contributed by atoms with van der Waals surface area (Å²) in [5, 5.41) is 25.6.